The van der Waals surface area contributed by atoms with Gasteiger partial charge in [0.15, 0.2) is 0 Å². The lowest BCUT2D eigenvalue weighted by atomic mass is 9.98. The van der Waals surface area contributed by atoms with Gasteiger partial charge in [-0.05, 0) is 78.9 Å². The largest absolute Gasteiger partial charge is 0.497 e. The average molecular weight is 428 g/mol. The Bertz CT molecular complexity index is 1250. The van der Waals surface area contributed by atoms with Gasteiger partial charge < -0.3 is 18.6 Å². The van der Waals surface area contributed by atoms with E-state index in [-0.39, 0.29) is 5.97 Å². The first kappa shape index (κ1) is 21.2. The van der Waals surface area contributed by atoms with Crippen LogP contribution < -0.4 is 9.47 Å². The first-order valence-corrected chi connectivity index (χ1v) is 10.4. The highest BCUT2D eigenvalue weighted by Crippen LogP contribution is 2.43. The molecule has 162 valence electrons. The van der Waals surface area contributed by atoms with Gasteiger partial charge in [0.2, 0.25) is 0 Å². The molecule has 0 radical (unpaired) electrons. The van der Waals surface area contributed by atoms with Crippen LogP contribution in [0.1, 0.15) is 18.1 Å². The smallest absolute Gasteiger partial charge is 0.330 e. The van der Waals surface area contributed by atoms with Crippen LogP contribution in [-0.4, -0.2) is 19.7 Å². The van der Waals surface area contributed by atoms with Crippen LogP contribution in [-0.2, 0) is 9.53 Å². The van der Waals surface area contributed by atoms with Crippen LogP contribution in [0.2, 0.25) is 0 Å². The topological polar surface area (TPSA) is 57.9 Å². The molecule has 0 amide bonds. The molecule has 0 saturated heterocycles. The maximum absolute atomic E-state index is 11.5. The van der Waals surface area contributed by atoms with Gasteiger partial charge in [0.1, 0.15) is 23.0 Å². The van der Waals surface area contributed by atoms with E-state index in [2.05, 4.69) is 6.07 Å². The number of fused-ring (bicyclic) bond motifs is 1. The molecule has 4 rings (SSSR count). The maximum atomic E-state index is 11.5. The van der Waals surface area contributed by atoms with E-state index in [1.165, 1.54) is 6.08 Å². The summed E-state index contributed by atoms with van der Waals surface area (Å²) < 4.78 is 22.4. The normalized spacial score (nSPS) is 11.1. The summed E-state index contributed by atoms with van der Waals surface area (Å²) >= 11 is 0. The van der Waals surface area contributed by atoms with Crippen molar-refractivity contribution >= 4 is 22.8 Å². The molecular weight excluding hydrogens is 404 g/mol. The predicted octanol–water partition coefficient (Wildman–Crippen LogP) is 6.79. The highest BCUT2D eigenvalue weighted by atomic mass is 16.5. The number of esters is 1. The fraction of sp³-hybridized carbons (Fsp3) is 0.148. The third kappa shape index (κ3) is 4.52. The molecule has 0 unspecified atom stereocenters. The van der Waals surface area contributed by atoms with Gasteiger partial charge in [-0.3, -0.25) is 0 Å². The molecule has 5 nitrogen and oxygen atoms in total. The van der Waals surface area contributed by atoms with Crippen LogP contribution in [0.25, 0.3) is 28.2 Å². The number of hydrogen-bond acceptors (Lipinski definition) is 5. The van der Waals surface area contributed by atoms with Gasteiger partial charge >= 0.3 is 5.97 Å². The third-order valence-corrected chi connectivity index (χ3v) is 5.06. The molecule has 5 heteroatoms. The zero-order valence-corrected chi connectivity index (χ0v) is 18.3. The fourth-order valence-corrected chi connectivity index (χ4v) is 3.57. The maximum Gasteiger partial charge on any atom is 0.330 e. The first-order chi connectivity index (χ1) is 15.6. The van der Waals surface area contributed by atoms with Crippen LogP contribution in [0, 0.1) is 6.92 Å². The zero-order valence-electron chi connectivity index (χ0n) is 18.3. The number of hydrogen-bond donors (Lipinski definition) is 0. The fourth-order valence-electron chi connectivity index (χ4n) is 3.57. The Morgan fingerprint density at radius 2 is 1.81 bits per heavy atom. The lowest BCUT2D eigenvalue weighted by Crippen LogP contribution is -1.98. The molecule has 1 aromatic heterocycles. The number of benzene rings is 3. The van der Waals surface area contributed by atoms with E-state index in [4.69, 9.17) is 18.6 Å². The number of carbonyl (C=O) groups excluding carboxylic acids is 1. The summed E-state index contributed by atoms with van der Waals surface area (Å²) in [4.78, 5) is 11.5. The van der Waals surface area contributed by atoms with Crippen molar-refractivity contribution < 1.29 is 23.4 Å². The van der Waals surface area contributed by atoms with Gasteiger partial charge in [0.05, 0.1) is 25.5 Å². The Morgan fingerprint density at radius 1 is 1.03 bits per heavy atom. The lowest BCUT2D eigenvalue weighted by molar-refractivity contribution is -0.137. The van der Waals surface area contributed by atoms with E-state index in [0.29, 0.717) is 18.1 Å². The van der Waals surface area contributed by atoms with Crippen molar-refractivity contribution in [1.29, 1.82) is 0 Å². The van der Waals surface area contributed by atoms with Crippen molar-refractivity contribution in [2.45, 2.75) is 13.8 Å². The second-order valence-corrected chi connectivity index (χ2v) is 7.22. The summed E-state index contributed by atoms with van der Waals surface area (Å²) in [7, 11) is 1.65. The van der Waals surface area contributed by atoms with Crippen molar-refractivity contribution in [2.75, 3.05) is 13.7 Å². The molecule has 32 heavy (non-hydrogen) atoms. The number of aryl methyl sites for hydroxylation is 1. The van der Waals surface area contributed by atoms with Gasteiger partial charge in [0, 0.05) is 11.5 Å². The van der Waals surface area contributed by atoms with Gasteiger partial charge in [-0.1, -0.05) is 18.2 Å². The summed E-state index contributed by atoms with van der Waals surface area (Å²) in [6.45, 7) is 4.16. The highest BCUT2D eigenvalue weighted by Gasteiger charge is 2.18. The van der Waals surface area contributed by atoms with Gasteiger partial charge in [0.25, 0.3) is 0 Å². The molecule has 0 spiro atoms. The van der Waals surface area contributed by atoms with E-state index >= 15 is 0 Å². The summed E-state index contributed by atoms with van der Waals surface area (Å²) in [5.41, 5.74) is 2.80. The second kappa shape index (κ2) is 9.43. The molecule has 0 N–H and O–H groups in total. The Kier molecular flexibility index (Phi) is 6.26. The number of methoxy groups -OCH3 is 1. The molecule has 0 aliphatic carbocycles. The van der Waals surface area contributed by atoms with E-state index in [9.17, 15) is 4.79 Å². The summed E-state index contributed by atoms with van der Waals surface area (Å²) in [5, 5.41) is 1.97. The van der Waals surface area contributed by atoms with Crippen molar-refractivity contribution in [3.63, 3.8) is 0 Å². The SMILES string of the molecule is CCOC(=O)C=Cc1ccc(Oc2c(-c3ccco3)c(C)cc3cc(OC)ccc23)cc1. The van der Waals surface area contributed by atoms with Crippen LogP contribution in [0.3, 0.4) is 0 Å². The van der Waals surface area contributed by atoms with Crippen molar-refractivity contribution in [3.05, 3.63) is 84.1 Å². The van der Waals surface area contributed by atoms with Crippen LogP contribution in [0.15, 0.2) is 77.4 Å². The molecule has 0 aliphatic rings. The Labute approximate surface area is 186 Å². The summed E-state index contributed by atoms with van der Waals surface area (Å²) in [5.74, 6) is 2.55. The molecule has 0 saturated carbocycles. The molecule has 1 heterocycles. The highest BCUT2D eigenvalue weighted by molar-refractivity contribution is 5.97. The van der Waals surface area contributed by atoms with Crippen LogP contribution >= 0.6 is 0 Å². The van der Waals surface area contributed by atoms with Gasteiger partial charge in [-0.25, -0.2) is 4.79 Å². The molecule has 4 aromatic rings. The van der Waals surface area contributed by atoms with Crippen LogP contribution in [0.4, 0.5) is 0 Å². The lowest BCUT2D eigenvalue weighted by Gasteiger charge is -2.16. The number of ether oxygens (including phenoxy) is 3. The molecule has 0 fully saturated rings. The molecule has 0 bridgehead atoms. The molecule has 3 aromatic carbocycles. The molecule has 0 atom stereocenters. The Balaban J connectivity index is 1.73. The number of carbonyl (C=O) groups is 1. The Morgan fingerprint density at radius 3 is 2.50 bits per heavy atom. The van der Waals surface area contributed by atoms with E-state index in [1.807, 2.05) is 61.5 Å². The second-order valence-electron chi connectivity index (χ2n) is 7.22. The standard InChI is InChI=1S/C27H24O5/c1-4-30-25(28)14-9-19-7-10-21(11-8-19)32-27-23-13-12-22(29-3)17-20(23)16-18(2)26(27)24-6-5-15-31-24/h5-17H,4H2,1-3H3. The Hall–Kier alpha value is -3.99. The number of rotatable bonds is 7. The third-order valence-electron chi connectivity index (χ3n) is 5.06. The van der Waals surface area contributed by atoms with E-state index < -0.39 is 0 Å². The minimum absolute atomic E-state index is 0.351. The van der Waals surface area contributed by atoms with Gasteiger partial charge in [-0.15, -0.1) is 0 Å². The van der Waals surface area contributed by atoms with E-state index in [1.54, 1.807) is 26.4 Å². The monoisotopic (exact) mass is 428 g/mol. The molecule has 0 aliphatic heterocycles. The van der Waals surface area contributed by atoms with E-state index in [0.717, 1.165) is 39.0 Å². The summed E-state index contributed by atoms with van der Waals surface area (Å²) in [6.07, 6.45) is 4.78. The minimum Gasteiger partial charge on any atom is -0.497 e. The van der Waals surface area contributed by atoms with Crippen molar-refractivity contribution in [2.24, 2.45) is 0 Å². The van der Waals surface area contributed by atoms with Gasteiger partial charge in [-0.2, -0.15) is 0 Å². The van der Waals surface area contributed by atoms with Crippen molar-refractivity contribution in [1.82, 2.24) is 0 Å². The average Bonchev–Trinajstić information content (AvgIpc) is 3.32. The quantitative estimate of drug-likeness (QED) is 0.240. The first-order valence-electron chi connectivity index (χ1n) is 10.4. The predicted molar refractivity (Wildman–Crippen MR) is 125 cm³/mol. The molecular formula is C27H24O5. The zero-order chi connectivity index (χ0) is 22.5. The summed E-state index contributed by atoms with van der Waals surface area (Å²) in [6, 6.07) is 19.3. The van der Waals surface area contributed by atoms with Crippen molar-refractivity contribution in [3.8, 4) is 28.6 Å². The van der Waals surface area contributed by atoms with Crippen LogP contribution in [0.5, 0.6) is 17.2 Å². The number of furan rings is 1. The minimum atomic E-state index is -0.363.